The number of alkyl carbamates (subject to hydrolysis) is 1. The Morgan fingerprint density at radius 3 is 2.26 bits per heavy atom. The van der Waals surface area contributed by atoms with E-state index in [2.05, 4.69) is 34.9 Å². The van der Waals surface area contributed by atoms with Gasteiger partial charge in [0, 0.05) is 24.4 Å². The third-order valence-corrected chi connectivity index (χ3v) is 6.87. The number of carboxylic acid groups (broad SMARTS) is 1. The number of likely N-dealkylation sites (N-methyl/N-ethyl adjacent to an activating group) is 1. The zero-order chi connectivity index (χ0) is 24.9. The lowest BCUT2D eigenvalue weighted by Gasteiger charge is -2.30. The molecular formula is C27H33N3O5. The fourth-order valence-corrected chi connectivity index (χ4v) is 5.21. The number of nitrogens with one attached hydrogen (secondary N) is 2. The minimum Gasteiger partial charge on any atom is -0.480 e. The first-order chi connectivity index (χ1) is 16.8. The number of hydrogen-bond acceptors (Lipinski definition) is 5. The monoisotopic (exact) mass is 479 g/mol. The number of benzene rings is 2. The van der Waals surface area contributed by atoms with Gasteiger partial charge in [0.1, 0.15) is 12.6 Å². The van der Waals surface area contributed by atoms with Crippen LogP contribution in [0.15, 0.2) is 48.5 Å². The SMILES string of the molecule is CN(C)CC(NC(=O)C1CCCC(NC(=O)OCC2c3ccccc3-c3ccccc32)C1)C(=O)O. The van der Waals surface area contributed by atoms with Crippen LogP contribution in [-0.4, -0.2) is 67.3 Å². The Hall–Kier alpha value is -3.39. The van der Waals surface area contributed by atoms with Crippen LogP contribution >= 0.6 is 0 Å². The Balaban J connectivity index is 1.31. The molecule has 4 rings (SSSR count). The average Bonchev–Trinajstić information content (AvgIpc) is 3.16. The van der Waals surface area contributed by atoms with E-state index in [-0.39, 0.29) is 36.9 Å². The van der Waals surface area contributed by atoms with Gasteiger partial charge < -0.3 is 25.4 Å². The van der Waals surface area contributed by atoms with Gasteiger partial charge in [-0.15, -0.1) is 0 Å². The van der Waals surface area contributed by atoms with Crippen molar-refractivity contribution in [1.29, 1.82) is 0 Å². The summed E-state index contributed by atoms with van der Waals surface area (Å²) in [4.78, 5) is 38.6. The second-order valence-corrected chi connectivity index (χ2v) is 9.69. The lowest BCUT2D eigenvalue weighted by atomic mass is 9.85. The Bertz CT molecular complexity index is 1040. The topological polar surface area (TPSA) is 108 Å². The van der Waals surface area contributed by atoms with Gasteiger partial charge in [0.25, 0.3) is 0 Å². The number of carbonyl (C=O) groups excluding carboxylic acids is 2. The molecule has 2 aromatic rings. The summed E-state index contributed by atoms with van der Waals surface area (Å²) in [6.07, 6.45) is 2.17. The molecule has 0 bridgehead atoms. The Morgan fingerprint density at radius 1 is 1.03 bits per heavy atom. The van der Waals surface area contributed by atoms with E-state index in [1.165, 1.54) is 11.1 Å². The molecule has 3 atom stereocenters. The lowest BCUT2D eigenvalue weighted by Crippen LogP contribution is -2.50. The summed E-state index contributed by atoms with van der Waals surface area (Å²) in [6, 6.07) is 15.2. The van der Waals surface area contributed by atoms with Crippen LogP contribution in [0, 0.1) is 5.92 Å². The molecule has 0 radical (unpaired) electrons. The highest BCUT2D eigenvalue weighted by Crippen LogP contribution is 2.44. The van der Waals surface area contributed by atoms with Gasteiger partial charge in [0.15, 0.2) is 0 Å². The van der Waals surface area contributed by atoms with E-state index in [9.17, 15) is 19.5 Å². The largest absolute Gasteiger partial charge is 0.480 e. The molecule has 2 aliphatic rings. The van der Waals surface area contributed by atoms with Crippen LogP contribution in [-0.2, 0) is 14.3 Å². The van der Waals surface area contributed by atoms with Crippen LogP contribution in [0.25, 0.3) is 11.1 Å². The second-order valence-electron chi connectivity index (χ2n) is 9.69. The molecular weight excluding hydrogens is 446 g/mol. The van der Waals surface area contributed by atoms with Crippen molar-refractivity contribution in [2.75, 3.05) is 27.2 Å². The van der Waals surface area contributed by atoms with E-state index < -0.39 is 18.1 Å². The summed E-state index contributed by atoms with van der Waals surface area (Å²) in [5.41, 5.74) is 4.66. The van der Waals surface area contributed by atoms with E-state index in [0.29, 0.717) is 12.8 Å². The molecule has 0 aliphatic heterocycles. The number of carbonyl (C=O) groups is 3. The summed E-state index contributed by atoms with van der Waals surface area (Å²) in [5.74, 6) is -1.69. The van der Waals surface area contributed by atoms with Crippen molar-refractivity contribution in [2.24, 2.45) is 5.92 Å². The Morgan fingerprint density at radius 2 is 1.66 bits per heavy atom. The second kappa shape index (κ2) is 10.9. The van der Waals surface area contributed by atoms with E-state index in [4.69, 9.17) is 4.74 Å². The van der Waals surface area contributed by atoms with Crippen molar-refractivity contribution in [1.82, 2.24) is 15.5 Å². The van der Waals surface area contributed by atoms with Crippen molar-refractivity contribution in [3.05, 3.63) is 59.7 Å². The smallest absolute Gasteiger partial charge is 0.407 e. The van der Waals surface area contributed by atoms with E-state index in [0.717, 1.165) is 24.0 Å². The Labute approximate surface area is 205 Å². The van der Waals surface area contributed by atoms with Crippen LogP contribution in [0.5, 0.6) is 0 Å². The van der Waals surface area contributed by atoms with Crippen LogP contribution in [0.1, 0.15) is 42.7 Å². The van der Waals surface area contributed by atoms with Crippen LogP contribution in [0.4, 0.5) is 4.79 Å². The highest BCUT2D eigenvalue weighted by molar-refractivity contribution is 5.85. The van der Waals surface area contributed by atoms with Gasteiger partial charge in [-0.1, -0.05) is 55.0 Å². The molecule has 0 spiro atoms. The van der Waals surface area contributed by atoms with Gasteiger partial charge in [-0.05, 0) is 55.6 Å². The molecule has 2 aromatic carbocycles. The van der Waals surface area contributed by atoms with Crippen LogP contribution in [0.3, 0.4) is 0 Å². The summed E-state index contributed by atoms with van der Waals surface area (Å²) < 4.78 is 5.64. The maximum Gasteiger partial charge on any atom is 0.407 e. The summed E-state index contributed by atoms with van der Waals surface area (Å²) in [6.45, 7) is 0.455. The molecule has 186 valence electrons. The number of ether oxygens (including phenoxy) is 1. The first kappa shape index (κ1) is 24.7. The lowest BCUT2D eigenvalue weighted by molar-refractivity contribution is -0.143. The van der Waals surface area contributed by atoms with E-state index in [1.54, 1.807) is 19.0 Å². The number of carboxylic acids is 1. The minimum atomic E-state index is -1.06. The van der Waals surface area contributed by atoms with Crippen molar-refractivity contribution in [3.63, 3.8) is 0 Å². The van der Waals surface area contributed by atoms with Gasteiger partial charge in [0.05, 0.1) is 0 Å². The molecule has 0 aromatic heterocycles. The number of nitrogens with zero attached hydrogens (tertiary/aromatic N) is 1. The number of rotatable bonds is 8. The molecule has 2 amide bonds. The molecule has 8 nitrogen and oxygen atoms in total. The van der Waals surface area contributed by atoms with Crippen LogP contribution in [0.2, 0.25) is 0 Å². The third-order valence-electron chi connectivity index (χ3n) is 6.87. The molecule has 8 heteroatoms. The predicted octanol–water partition coefficient (Wildman–Crippen LogP) is 3.21. The zero-order valence-electron chi connectivity index (χ0n) is 20.2. The third kappa shape index (κ3) is 5.82. The standard InChI is InChI=1S/C27H33N3O5/c1-30(2)15-24(26(32)33)29-25(31)17-8-7-9-18(14-17)28-27(34)35-16-23-21-12-5-3-10-19(21)20-11-4-6-13-22(20)23/h3-6,10-13,17-18,23-24H,7-9,14-16H2,1-2H3,(H,28,34)(H,29,31)(H,32,33). The van der Waals surface area contributed by atoms with Crippen molar-refractivity contribution < 1.29 is 24.2 Å². The fourth-order valence-electron chi connectivity index (χ4n) is 5.21. The van der Waals surface area contributed by atoms with Crippen molar-refractivity contribution in [2.45, 2.75) is 43.7 Å². The average molecular weight is 480 g/mol. The number of fused-ring (bicyclic) bond motifs is 3. The molecule has 1 fully saturated rings. The van der Waals surface area contributed by atoms with Gasteiger partial charge >= 0.3 is 12.1 Å². The molecule has 35 heavy (non-hydrogen) atoms. The molecule has 0 heterocycles. The summed E-state index contributed by atoms with van der Waals surface area (Å²) in [5, 5.41) is 15.0. The maximum absolute atomic E-state index is 12.7. The van der Waals surface area contributed by atoms with Crippen molar-refractivity contribution >= 4 is 18.0 Å². The van der Waals surface area contributed by atoms with Gasteiger partial charge in [-0.2, -0.15) is 0 Å². The minimum absolute atomic E-state index is 0.0114. The summed E-state index contributed by atoms with van der Waals surface area (Å²) in [7, 11) is 3.52. The predicted molar refractivity (Wildman–Crippen MR) is 132 cm³/mol. The van der Waals surface area contributed by atoms with Crippen LogP contribution < -0.4 is 10.6 Å². The number of hydrogen-bond donors (Lipinski definition) is 3. The Kier molecular flexibility index (Phi) is 7.70. The summed E-state index contributed by atoms with van der Waals surface area (Å²) >= 11 is 0. The molecule has 2 aliphatic carbocycles. The number of amides is 2. The quantitative estimate of drug-likeness (QED) is 0.537. The maximum atomic E-state index is 12.7. The first-order valence-corrected chi connectivity index (χ1v) is 12.1. The van der Waals surface area contributed by atoms with E-state index >= 15 is 0 Å². The highest BCUT2D eigenvalue weighted by Gasteiger charge is 2.32. The normalized spacial score (nSPS) is 20.0. The highest BCUT2D eigenvalue weighted by atomic mass is 16.5. The zero-order valence-corrected chi connectivity index (χ0v) is 20.2. The first-order valence-electron chi connectivity index (χ1n) is 12.1. The van der Waals surface area contributed by atoms with Crippen molar-refractivity contribution in [3.8, 4) is 11.1 Å². The van der Waals surface area contributed by atoms with E-state index in [1.807, 2.05) is 24.3 Å². The molecule has 0 saturated heterocycles. The fraction of sp³-hybridized carbons (Fsp3) is 0.444. The molecule has 3 unspecified atom stereocenters. The van der Waals surface area contributed by atoms with Gasteiger partial charge in [0.2, 0.25) is 5.91 Å². The number of aliphatic carboxylic acids is 1. The molecule has 3 N–H and O–H groups in total. The molecule has 1 saturated carbocycles. The van der Waals surface area contributed by atoms with Gasteiger partial charge in [-0.3, -0.25) is 4.79 Å². The van der Waals surface area contributed by atoms with Gasteiger partial charge in [-0.25, -0.2) is 9.59 Å².